The quantitative estimate of drug-likeness (QED) is 0.847. The fourth-order valence-electron chi connectivity index (χ4n) is 2.45. The van der Waals surface area contributed by atoms with Crippen molar-refractivity contribution < 1.29 is 0 Å². The second-order valence-electron chi connectivity index (χ2n) is 6.38. The van der Waals surface area contributed by atoms with E-state index >= 15 is 0 Å². The van der Waals surface area contributed by atoms with Crippen molar-refractivity contribution in [3.05, 3.63) is 34.4 Å². The molecule has 2 nitrogen and oxygen atoms in total. The second kappa shape index (κ2) is 6.53. The van der Waals surface area contributed by atoms with E-state index < -0.39 is 0 Å². The van der Waals surface area contributed by atoms with E-state index in [4.69, 9.17) is 0 Å². The molecule has 0 heterocycles. The van der Waals surface area contributed by atoms with Gasteiger partial charge in [-0.15, -0.1) is 0 Å². The Morgan fingerprint density at radius 1 is 1.05 bits per heavy atom. The van der Waals surface area contributed by atoms with Crippen LogP contribution in [0.15, 0.2) is 12.1 Å². The number of nitrogens with zero attached hydrogens (tertiary/aromatic N) is 1. The zero-order chi connectivity index (χ0) is 14.6. The first-order valence-electron chi connectivity index (χ1n) is 7.20. The van der Waals surface area contributed by atoms with Crippen LogP contribution in [0.2, 0.25) is 0 Å². The van der Waals surface area contributed by atoms with Crippen molar-refractivity contribution in [2.45, 2.75) is 46.6 Å². The molecule has 19 heavy (non-hydrogen) atoms. The molecule has 0 radical (unpaired) electrons. The second-order valence-corrected chi connectivity index (χ2v) is 6.38. The highest BCUT2D eigenvalue weighted by atomic mass is 15.2. The van der Waals surface area contributed by atoms with E-state index in [-0.39, 0.29) is 5.54 Å². The van der Waals surface area contributed by atoms with Gasteiger partial charge in [0.1, 0.15) is 0 Å². The summed E-state index contributed by atoms with van der Waals surface area (Å²) < 4.78 is 0. The van der Waals surface area contributed by atoms with Crippen LogP contribution in [0, 0.1) is 20.8 Å². The maximum atomic E-state index is 3.27. The molecule has 0 aliphatic rings. The van der Waals surface area contributed by atoms with Crippen LogP contribution in [-0.4, -0.2) is 37.6 Å². The Balaban J connectivity index is 2.69. The molecular weight excluding hydrogens is 232 g/mol. The van der Waals surface area contributed by atoms with E-state index in [1.54, 1.807) is 0 Å². The lowest BCUT2D eigenvalue weighted by atomic mass is 9.97. The summed E-state index contributed by atoms with van der Waals surface area (Å²) in [6.07, 6.45) is 1.12. The first-order chi connectivity index (χ1) is 8.77. The highest BCUT2D eigenvalue weighted by Crippen LogP contribution is 2.18. The Morgan fingerprint density at radius 2 is 1.63 bits per heavy atom. The maximum absolute atomic E-state index is 3.27. The SMILES string of the molecule is CNCC(C)(C)N(C)CCc1cc(C)c(C)cc1C. The van der Waals surface area contributed by atoms with Gasteiger partial charge in [-0.1, -0.05) is 12.1 Å². The van der Waals surface area contributed by atoms with Crippen molar-refractivity contribution in [2.24, 2.45) is 0 Å². The summed E-state index contributed by atoms with van der Waals surface area (Å²) in [6, 6.07) is 4.66. The van der Waals surface area contributed by atoms with Gasteiger partial charge < -0.3 is 5.32 Å². The largest absolute Gasteiger partial charge is 0.318 e. The number of aryl methyl sites for hydroxylation is 3. The minimum absolute atomic E-state index is 0.197. The number of hydrogen-bond acceptors (Lipinski definition) is 2. The van der Waals surface area contributed by atoms with E-state index in [2.05, 4.69) is 64.0 Å². The van der Waals surface area contributed by atoms with Crippen molar-refractivity contribution in [3.63, 3.8) is 0 Å². The Hall–Kier alpha value is -0.860. The topological polar surface area (TPSA) is 15.3 Å². The summed E-state index contributed by atoms with van der Waals surface area (Å²) in [5.41, 5.74) is 5.89. The molecule has 2 heteroatoms. The molecule has 108 valence electrons. The third kappa shape index (κ3) is 4.32. The van der Waals surface area contributed by atoms with Crippen LogP contribution >= 0.6 is 0 Å². The molecule has 0 bridgehead atoms. The summed E-state index contributed by atoms with van der Waals surface area (Å²) in [5.74, 6) is 0. The third-order valence-electron chi connectivity index (χ3n) is 4.31. The van der Waals surface area contributed by atoms with Gasteiger partial charge in [-0.05, 0) is 77.4 Å². The van der Waals surface area contributed by atoms with Gasteiger partial charge >= 0.3 is 0 Å². The smallest absolute Gasteiger partial charge is 0.0274 e. The summed E-state index contributed by atoms with van der Waals surface area (Å²) in [5, 5.41) is 3.27. The number of likely N-dealkylation sites (N-methyl/N-ethyl adjacent to an activating group) is 2. The van der Waals surface area contributed by atoms with Crippen molar-refractivity contribution in [1.82, 2.24) is 10.2 Å². The molecule has 1 rings (SSSR count). The molecule has 1 N–H and O–H groups in total. The molecule has 1 aromatic carbocycles. The van der Waals surface area contributed by atoms with Crippen LogP contribution in [0.1, 0.15) is 36.1 Å². The Kier molecular flexibility index (Phi) is 5.57. The normalized spacial score (nSPS) is 12.2. The summed E-state index contributed by atoms with van der Waals surface area (Å²) >= 11 is 0. The van der Waals surface area contributed by atoms with Crippen LogP contribution in [0.5, 0.6) is 0 Å². The van der Waals surface area contributed by atoms with E-state index in [9.17, 15) is 0 Å². The standard InChI is InChI=1S/C17H30N2/c1-13-10-15(3)16(11-14(13)2)8-9-19(7)17(4,5)12-18-6/h10-11,18H,8-9,12H2,1-7H3. The number of nitrogens with one attached hydrogen (secondary N) is 1. The van der Waals surface area contributed by atoms with Gasteiger partial charge in [0.25, 0.3) is 0 Å². The van der Waals surface area contributed by atoms with Crippen molar-refractivity contribution in [1.29, 1.82) is 0 Å². The van der Waals surface area contributed by atoms with E-state index in [1.165, 1.54) is 22.3 Å². The lowest BCUT2D eigenvalue weighted by Crippen LogP contribution is -2.48. The molecule has 0 amide bonds. The maximum Gasteiger partial charge on any atom is 0.0274 e. The molecule has 0 spiro atoms. The van der Waals surface area contributed by atoms with Crippen LogP contribution in [0.25, 0.3) is 0 Å². The summed E-state index contributed by atoms with van der Waals surface area (Å²) in [4.78, 5) is 2.44. The van der Waals surface area contributed by atoms with Gasteiger partial charge in [0.05, 0.1) is 0 Å². The molecule has 0 aliphatic heterocycles. The zero-order valence-corrected chi connectivity index (χ0v) is 13.7. The van der Waals surface area contributed by atoms with Gasteiger partial charge in [-0.3, -0.25) is 4.90 Å². The Morgan fingerprint density at radius 3 is 2.21 bits per heavy atom. The van der Waals surface area contributed by atoms with Crippen LogP contribution in [-0.2, 0) is 6.42 Å². The Labute approximate surface area is 119 Å². The first kappa shape index (κ1) is 16.2. The molecule has 0 saturated heterocycles. The van der Waals surface area contributed by atoms with Crippen molar-refractivity contribution >= 4 is 0 Å². The number of hydrogen-bond donors (Lipinski definition) is 1. The molecular formula is C17H30N2. The Bertz CT molecular complexity index is 422. The van der Waals surface area contributed by atoms with Crippen molar-refractivity contribution in [2.75, 3.05) is 27.2 Å². The van der Waals surface area contributed by atoms with E-state index in [0.717, 1.165) is 19.5 Å². The highest BCUT2D eigenvalue weighted by Gasteiger charge is 2.22. The lowest BCUT2D eigenvalue weighted by molar-refractivity contribution is 0.157. The minimum Gasteiger partial charge on any atom is -0.318 e. The van der Waals surface area contributed by atoms with Crippen LogP contribution in [0.4, 0.5) is 0 Å². The predicted molar refractivity (Wildman–Crippen MR) is 85.0 cm³/mol. The molecule has 0 unspecified atom stereocenters. The summed E-state index contributed by atoms with van der Waals surface area (Å²) in [7, 11) is 4.23. The average Bonchev–Trinajstić information content (AvgIpc) is 2.31. The molecule has 0 aromatic heterocycles. The van der Waals surface area contributed by atoms with E-state index in [1.807, 2.05) is 7.05 Å². The van der Waals surface area contributed by atoms with Gasteiger partial charge in [-0.2, -0.15) is 0 Å². The molecule has 0 saturated carbocycles. The predicted octanol–water partition coefficient (Wildman–Crippen LogP) is 3.08. The molecule has 0 fully saturated rings. The third-order valence-corrected chi connectivity index (χ3v) is 4.31. The first-order valence-corrected chi connectivity index (χ1v) is 7.20. The molecule has 0 aliphatic carbocycles. The average molecular weight is 262 g/mol. The fourth-order valence-corrected chi connectivity index (χ4v) is 2.45. The van der Waals surface area contributed by atoms with Gasteiger partial charge in [0, 0.05) is 18.6 Å². The highest BCUT2D eigenvalue weighted by molar-refractivity contribution is 5.36. The molecule has 0 atom stereocenters. The summed E-state index contributed by atoms with van der Waals surface area (Å²) in [6.45, 7) is 13.3. The van der Waals surface area contributed by atoms with Crippen LogP contribution in [0.3, 0.4) is 0 Å². The van der Waals surface area contributed by atoms with Gasteiger partial charge in [-0.25, -0.2) is 0 Å². The number of benzene rings is 1. The minimum atomic E-state index is 0.197. The number of rotatable bonds is 6. The van der Waals surface area contributed by atoms with Crippen molar-refractivity contribution in [3.8, 4) is 0 Å². The zero-order valence-electron chi connectivity index (χ0n) is 13.7. The molecule has 1 aromatic rings. The van der Waals surface area contributed by atoms with Gasteiger partial charge in [0.2, 0.25) is 0 Å². The lowest BCUT2D eigenvalue weighted by Gasteiger charge is -2.35. The van der Waals surface area contributed by atoms with Gasteiger partial charge in [0.15, 0.2) is 0 Å². The monoisotopic (exact) mass is 262 g/mol. The van der Waals surface area contributed by atoms with E-state index in [0.29, 0.717) is 0 Å². The fraction of sp³-hybridized carbons (Fsp3) is 0.647. The van der Waals surface area contributed by atoms with Crippen LogP contribution < -0.4 is 5.32 Å².